The van der Waals surface area contributed by atoms with E-state index in [-0.39, 0.29) is 5.82 Å². The monoisotopic (exact) mass is 202 g/mol. The Labute approximate surface area is 87.6 Å². The second kappa shape index (κ2) is 4.09. The summed E-state index contributed by atoms with van der Waals surface area (Å²) in [5.41, 5.74) is 8.25. The number of nitrogens with zero attached hydrogens (tertiary/aromatic N) is 1. The van der Waals surface area contributed by atoms with E-state index in [0.717, 1.165) is 11.3 Å². The summed E-state index contributed by atoms with van der Waals surface area (Å²) in [6, 6.07) is 9.96. The van der Waals surface area contributed by atoms with Gasteiger partial charge in [-0.05, 0) is 29.8 Å². The van der Waals surface area contributed by atoms with Crippen molar-refractivity contribution in [3.05, 3.63) is 59.7 Å². The molecule has 0 saturated heterocycles. The van der Waals surface area contributed by atoms with Gasteiger partial charge in [-0.3, -0.25) is 4.98 Å². The molecule has 0 saturated carbocycles. The van der Waals surface area contributed by atoms with Gasteiger partial charge >= 0.3 is 0 Å². The molecule has 15 heavy (non-hydrogen) atoms. The van der Waals surface area contributed by atoms with Crippen LogP contribution in [0.25, 0.3) is 0 Å². The molecule has 1 aromatic carbocycles. The first-order chi connectivity index (χ1) is 7.25. The molecule has 0 unspecified atom stereocenters. The van der Waals surface area contributed by atoms with Crippen molar-refractivity contribution in [2.24, 2.45) is 0 Å². The molecule has 0 aliphatic carbocycles. The maximum Gasteiger partial charge on any atom is 0.123 e. The van der Waals surface area contributed by atoms with E-state index in [1.54, 1.807) is 24.4 Å². The minimum Gasteiger partial charge on any atom is -0.397 e. The molecule has 0 radical (unpaired) electrons. The van der Waals surface area contributed by atoms with Crippen molar-refractivity contribution in [2.45, 2.75) is 6.42 Å². The zero-order valence-corrected chi connectivity index (χ0v) is 8.15. The number of aromatic nitrogens is 1. The molecule has 1 aromatic heterocycles. The summed E-state index contributed by atoms with van der Waals surface area (Å²) >= 11 is 0. The quantitative estimate of drug-likeness (QED) is 0.812. The van der Waals surface area contributed by atoms with Crippen LogP contribution in [-0.2, 0) is 6.42 Å². The molecule has 0 aliphatic heterocycles. The summed E-state index contributed by atoms with van der Waals surface area (Å²) in [4.78, 5) is 4.18. The van der Waals surface area contributed by atoms with Crippen LogP contribution < -0.4 is 5.73 Å². The summed E-state index contributed by atoms with van der Waals surface area (Å²) in [5, 5.41) is 0. The first-order valence-electron chi connectivity index (χ1n) is 4.69. The lowest BCUT2D eigenvalue weighted by Crippen LogP contribution is -1.98. The van der Waals surface area contributed by atoms with Crippen LogP contribution in [0.15, 0.2) is 42.6 Å². The first kappa shape index (κ1) is 9.65. The van der Waals surface area contributed by atoms with Crippen molar-refractivity contribution in [2.75, 3.05) is 5.73 Å². The lowest BCUT2D eigenvalue weighted by atomic mass is 10.1. The minimum atomic E-state index is -0.229. The van der Waals surface area contributed by atoms with Crippen LogP contribution in [0.4, 0.5) is 10.1 Å². The third kappa shape index (κ3) is 2.31. The fourth-order valence-electron chi connectivity index (χ4n) is 1.39. The second-order valence-electron chi connectivity index (χ2n) is 3.34. The number of nitrogens with two attached hydrogens (primary N) is 1. The largest absolute Gasteiger partial charge is 0.397 e. The molecule has 2 nitrogen and oxygen atoms in total. The second-order valence-corrected chi connectivity index (χ2v) is 3.34. The maximum absolute atomic E-state index is 12.7. The summed E-state index contributed by atoms with van der Waals surface area (Å²) in [6.07, 6.45) is 2.34. The van der Waals surface area contributed by atoms with Gasteiger partial charge in [0.2, 0.25) is 0 Å². The number of hydrogen-bond donors (Lipinski definition) is 1. The van der Waals surface area contributed by atoms with Crippen molar-refractivity contribution in [3.8, 4) is 0 Å². The fourth-order valence-corrected chi connectivity index (χ4v) is 1.39. The number of pyridine rings is 1. The Morgan fingerprint density at radius 3 is 2.53 bits per heavy atom. The summed E-state index contributed by atoms with van der Waals surface area (Å²) in [7, 11) is 0. The van der Waals surface area contributed by atoms with E-state index in [1.807, 2.05) is 6.07 Å². The number of benzene rings is 1. The Balaban J connectivity index is 2.22. The summed E-state index contributed by atoms with van der Waals surface area (Å²) in [6.45, 7) is 0. The normalized spacial score (nSPS) is 10.2. The smallest absolute Gasteiger partial charge is 0.123 e. The average Bonchev–Trinajstić information content (AvgIpc) is 2.25. The molecule has 2 N–H and O–H groups in total. The highest BCUT2D eigenvalue weighted by Crippen LogP contribution is 2.13. The average molecular weight is 202 g/mol. The van der Waals surface area contributed by atoms with Gasteiger partial charge in [-0.25, -0.2) is 4.39 Å². The lowest BCUT2D eigenvalue weighted by molar-refractivity contribution is 0.627. The van der Waals surface area contributed by atoms with Gasteiger partial charge < -0.3 is 5.73 Å². The van der Waals surface area contributed by atoms with Crippen LogP contribution >= 0.6 is 0 Å². The topological polar surface area (TPSA) is 38.9 Å². The van der Waals surface area contributed by atoms with Crippen LogP contribution in [0.3, 0.4) is 0 Å². The zero-order chi connectivity index (χ0) is 10.7. The molecular formula is C12H11FN2. The van der Waals surface area contributed by atoms with Gasteiger partial charge in [0.1, 0.15) is 5.82 Å². The van der Waals surface area contributed by atoms with Crippen LogP contribution in [-0.4, -0.2) is 4.98 Å². The Kier molecular flexibility index (Phi) is 2.63. The van der Waals surface area contributed by atoms with Gasteiger partial charge in [0.25, 0.3) is 0 Å². The molecule has 0 amide bonds. The molecular weight excluding hydrogens is 191 g/mol. The molecule has 0 atom stereocenters. The lowest BCUT2D eigenvalue weighted by Gasteiger charge is -2.03. The van der Waals surface area contributed by atoms with Crippen LogP contribution in [0.2, 0.25) is 0 Å². The number of rotatable bonds is 2. The van der Waals surface area contributed by atoms with E-state index in [9.17, 15) is 4.39 Å². The van der Waals surface area contributed by atoms with Gasteiger partial charge in [-0.2, -0.15) is 0 Å². The van der Waals surface area contributed by atoms with Crippen LogP contribution in [0.1, 0.15) is 11.3 Å². The highest BCUT2D eigenvalue weighted by atomic mass is 19.1. The van der Waals surface area contributed by atoms with E-state index in [0.29, 0.717) is 12.1 Å². The number of hydrogen-bond acceptors (Lipinski definition) is 2. The summed E-state index contributed by atoms with van der Waals surface area (Å²) in [5.74, 6) is -0.229. The van der Waals surface area contributed by atoms with Crippen molar-refractivity contribution in [1.29, 1.82) is 0 Å². The van der Waals surface area contributed by atoms with Gasteiger partial charge in [-0.15, -0.1) is 0 Å². The van der Waals surface area contributed by atoms with Gasteiger partial charge in [-0.1, -0.05) is 12.1 Å². The van der Waals surface area contributed by atoms with Crippen molar-refractivity contribution >= 4 is 5.69 Å². The highest BCUT2D eigenvalue weighted by Gasteiger charge is 2.01. The van der Waals surface area contributed by atoms with Crippen LogP contribution in [0.5, 0.6) is 0 Å². The predicted octanol–water partition coefficient (Wildman–Crippen LogP) is 2.39. The third-order valence-electron chi connectivity index (χ3n) is 2.21. The maximum atomic E-state index is 12.7. The molecule has 2 rings (SSSR count). The Morgan fingerprint density at radius 2 is 1.87 bits per heavy atom. The molecule has 76 valence electrons. The molecule has 0 fully saturated rings. The fraction of sp³-hybridized carbons (Fsp3) is 0.0833. The number of halogens is 1. The van der Waals surface area contributed by atoms with Gasteiger partial charge in [0.05, 0.1) is 11.4 Å². The Hall–Kier alpha value is -1.90. The molecule has 0 aliphatic rings. The molecule has 3 heteroatoms. The molecule has 2 aromatic rings. The Bertz CT molecular complexity index is 451. The standard InChI is InChI=1S/C12H11FN2/c13-10-5-3-9(4-6-10)8-12-11(14)2-1-7-15-12/h1-7H,8,14H2. The number of nitrogen functional groups attached to an aromatic ring is 1. The van der Waals surface area contributed by atoms with E-state index >= 15 is 0 Å². The predicted molar refractivity (Wildman–Crippen MR) is 57.9 cm³/mol. The van der Waals surface area contributed by atoms with E-state index in [1.165, 1.54) is 12.1 Å². The first-order valence-corrected chi connectivity index (χ1v) is 4.69. The molecule has 1 heterocycles. The van der Waals surface area contributed by atoms with Gasteiger partial charge in [0, 0.05) is 12.6 Å². The van der Waals surface area contributed by atoms with Gasteiger partial charge in [0.15, 0.2) is 0 Å². The van der Waals surface area contributed by atoms with E-state index < -0.39 is 0 Å². The minimum absolute atomic E-state index is 0.229. The summed E-state index contributed by atoms with van der Waals surface area (Å²) < 4.78 is 12.7. The Morgan fingerprint density at radius 1 is 1.13 bits per heavy atom. The van der Waals surface area contributed by atoms with E-state index in [2.05, 4.69) is 4.98 Å². The molecule has 0 spiro atoms. The zero-order valence-electron chi connectivity index (χ0n) is 8.15. The van der Waals surface area contributed by atoms with Crippen LogP contribution in [0, 0.1) is 5.82 Å². The molecule has 0 bridgehead atoms. The third-order valence-corrected chi connectivity index (χ3v) is 2.21. The van der Waals surface area contributed by atoms with Crippen molar-refractivity contribution < 1.29 is 4.39 Å². The van der Waals surface area contributed by atoms with Crippen molar-refractivity contribution in [3.63, 3.8) is 0 Å². The number of anilines is 1. The van der Waals surface area contributed by atoms with E-state index in [4.69, 9.17) is 5.73 Å². The highest BCUT2D eigenvalue weighted by molar-refractivity contribution is 5.44. The SMILES string of the molecule is Nc1cccnc1Cc1ccc(F)cc1. The van der Waals surface area contributed by atoms with Crippen molar-refractivity contribution in [1.82, 2.24) is 4.98 Å².